The Hall–Kier alpha value is -2.34. The molecule has 0 spiro atoms. The molecule has 0 aromatic carbocycles. The van der Waals surface area contributed by atoms with Gasteiger partial charge in [0.2, 0.25) is 0 Å². The molecule has 4 heterocycles. The second-order valence-electron chi connectivity index (χ2n) is 6.87. The van der Waals surface area contributed by atoms with Gasteiger partial charge in [0.25, 0.3) is 16.9 Å². The van der Waals surface area contributed by atoms with E-state index >= 15 is 0 Å². The van der Waals surface area contributed by atoms with Crippen molar-refractivity contribution in [2.45, 2.75) is 11.4 Å². The van der Waals surface area contributed by atoms with E-state index in [9.17, 15) is 24.3 Å². The number of carbonyl (C=O) groups excluding carboxylic acids is 3. The maximum absolute atomic E-state index is 12.8. The Balaban J connectivity index is 0.00000228. The van der Waals surface area contributed by atoms with E-state index in [1.165, 1.54) is 36.6 Å². The van der Waals surface area contributed by atoms with Gasteiger partial charge in [-0.15, -0.1) is 23.1 Å². The number of carboxylic acid groups (broad SMARTS) is 1. The van der Waals surface area contributed by atoms with E-state index in [0.29, 0.717) is 5.57 Å². The summed E-state index contributed by atoms with van der Waals surface area (Å²) in [6, 6.07) is 2.13. The number of nitrogens with zero attached hydrogens (tertiary/aromatic N) is 3. The number of hydrogen-bond donors (Lipinski definition) is 3. The molecule has 13 nitrogen and oxygen atoms in total. The molecule has 0 saturated carbocycles. The zero-order valence-electron chi connectivity index (χ0n) is 19.9. The molecule has 36 heavy (non-hydrogen) atoms. The number of β-lactam (4-membered cyclic amide) rings is 1. The molecule has 0 unspecified atom stereocenters. The number of oxime groups is 1. The van der Waals surface area contributed by atoms with Crippen LogP contribution in [-0.4, -0.2) is 79.1 Å². The van der Waals surface area contributed by atoms with Crippen molar-refractivity contribution >= 4 is 68.6 Å². The van der Waals surface area contributed by atoms with E-state index in [-0.39, 0.29) is 81.1 Å². The van der Waals surface area contributed by atoms with Crippen LogP contribution in [0.1, 0.15) is 17.7 Å². The number of nitrogens with one attached hydrogen (secondary N) is 1. The number of thioether (sulfide) groups is 2. The van der Waals surface area contributed by atoms with Crippen LogP contribution in [0, 0.1) is 0 Å². The molecule has 6 N–H and O–H groups in total. The normalized spacial score (nSPS) is 18.9. The standard InChI is InChI=1S/C19H17N5O7S3.Na.H2O.H/c1-30-23-11(9-7-34-19(20)21-9)14(25)22-12-15(26)24-13(17(27)28)8(5-32-16(12)24)6-33-18(29)10-3-2-4-31-10;;;/h2-4,7,12,16H,5-6H2,1H3,(H2,20,21)(H,22,25)(H,27,28);;1H2;/q;+1;;-1/b23-11-;;;/t12-,16-;;;/m1.../s1. The van der Waals surface area contributed by atoms with Crippen molar-refractivity contribution in [2.24, 2.45) is 5.16 Å². The number of amides is 2. The van der Waals surface area contributed by atoms with Gasteiger partial charge < -0.3 is 32.3 Å². The van der Waals surface area contributed by atoms with Gasteiger partial charge in [-0.05, 0) is 17.7 Å². The smallest absolute Gasteiger partial charge is 1.00 e. The van der Waals surface area contributed by atoms with Crippen LogP contribution in [0.2, 0.25) is 0 Å². The van der Waals surface area contributed by atoms with Crippen LogP contribution >= 0.6 is 34.9 Å². The molecule has 1 fully saturated rings. The van der Waals surface area contributed by atoms with Crippen LogP contribution in [0.15, 0.2) is 44.6 Å². The van der Waals surface area contributed by atoms with Gasteiger partial charge in [-0.3, -0.25) is 19.3 Å². The molecular formula is C19H20N5NaO8S3. The molecular weight excluding hydrogens is 545 g/mol. The first-order chi connectivity index (χ1) is 16.3. The molecule has 2 aliphatic heterocycles. The Morgan fingerprint density at radius 2 is 2.22 bits per heavy atom. The number of nitrogens with two attached hydrogens (primary N) is 1. The second-order valence-corrected chi connectivity index (χ2v) is 9.81. The number of thiazole rings is 1. The average Bonchev–Trinajstić information content (AvgIpc) is 3.50. The largest absolute Gasteiger partial charge is 1.00 e. The number of carboxylic acids is 1. The first-order valence-electron chi connectivity index (χ1n) is 9.55. The third-order valence-corrected chi connectivity index (χ3v) is 7.77. The summed E-state index contributed by atoms with van der Waals surface area (Å²) in [5.41, 5.74) is 5.89. The van der Waals surface area contributed by atoms with Gasteiger partial charge in [-0.1, -0.05) is 16.9 Å². The van der Waals surface area contributed by atoms with E-state index in [4.69, 9.17) is 15.0 Å². The molecule has 2 atom stereocenters. The SMILES string of the molecule is CO/N=C(\C(=O)N[C@@H]1C(=O)N2C(C(=O)O)=C(CSC(=O)c3ccco3)CS[C@H]12)c1csc(N)n1.O.[H-].[Na+]. The maximum atomic E-state index is 12.8. The molecule has 1 saturated heterocycles. The minimum Gasteiger partial charge on any atom is -1.00 e. The van der Waals surface area contributed by atoms with Gasteiger partial charge in [-0.2, -0.15) is 0 Å². The van der Waals surface area contributed by atoms with Crippen molar-refractivity contribution in [3.63, 3.8) is 0 Å². The maximum Gasteiger partial charge on any atom is 1.00 e. The Morgan fingerprint density at radius 1 is 1.47 bits per heavy atom. The number of fused-ring (bicyclic) bond motifs is 1. The Bertz CT molecular complexity index is 1220. The van der Waals surface area contributed by atoms with Gasteiger partial charge in [0.1, 0.15) is 29.9 Å². The minimum absolute atomic E-state index is 0. The fourth-order valence-electron chi connectivity index (χ4n) is 3.31. The van der Waals surface area contributed by atoms with Gasteiger partial charge in [0, 0.05) is 16.9 Å². The van der Waals surface area contributed by atoms with Gasteiger partial charge in [0.15, 0.2) is 16.6 Å². The molecule has 2 aliphatic rings. The van der Waals surface area contributed by atoms with Gasteiger partial charge in [0.05, 0.1) is 6.26 Å². The summed E-state index contributed by atoms with van der Waals surface area (Å²) in [5, 5.41) is 16.8. The van der Waals surface area contributed by atoms with E-state index in [1.807, 2.05) is 0 Å². The Labute approximate surface area is 239 Å². The Morgan fingerprint density at radius 3 is 2.81 bits per heavy atom. The molecule has 0 aliphatic carbocycles. The first-order valence-corrected chi connectivity index (χ1v) is 12.5. The zero-order valence-corrected chi connectivity index (χ0v) is 23.4. The first kappa shape index (κ1) is 29.9. The number of aromatic nitrogens is 1. The van der Waals surface area contributed by atoms with Crippen molar-refractivity contribution in [1.82, 2.24) is 15.2 Å². The summed E-state index contributed by atoms with van der Waals surface area (Å²) in [7, 11) is 1.26. The topological polar surface area (TPSA) is 209 Å². The predicted octanol–water partition coefficient (Wildman–Crippen LogP) is -2.73. The average molecular weight is 566 g/mol. The van der Waals surface area contributed by atoms with Crippen molar-refractivity contribution in [2.75, 3.05) is 24.3 Å². The summed E-state index contributed by atoms with van der Waals surface area (Å²) in [4.78, 5) is 59.6. The van der Waals surface area contributed by atoms with E-state index in [2.05, 4.69) is 15.5 Å². The minimum atomic E-state index is -1.29. The monoisotopic (exact) mass is 565 g/mol. The van der Waals surface area contributed by atoms with Crippen molar-refractivity contribution in [1.29, 1.82) is 0 Å². The molecule has 2 amide bonds. The third-order valence-electron chi connectivity index (χ3n) is 4.80. The van der Waals surface area contributed by atoms with Crippen LogP contribution in [0.25, 0.3) is 0 Å². The van der Waals surface area contributed by atoms with Crippen molar-refractivity contribution in [3.8, 4) is 0 Å². The van der Waals surface area contributed by atoms with Gasteiger partial charge >= 0.3 is 35.5 Å². The molecule has 188 valence electrons. The van der Waals surface area contributed by atoms with Crippen LogP contribution in [0.5, 0.6) is 0 Å². The number of rotatable bonds is 8. The molecule has 17 heteroatoms. The number of furan rings is 1. The predicted molar refractivity (Wildman–Crippen MR) is 130 cm³/mol. The third kappa shape index (κ3) is 5.96. The molecule has 2 aromatic rings. The zero-order chi connectivity index (χ0) is 24.4. The number of anilines is 1. The molecule has 4 rings (SSSR count). The summed E-state index contributed by atoms with van der Waals surface area (Å²) < 4.78 is 5.05. The number of aliphatic carboxylic acids is 1. The quantitative estimate of drug-likeness (QED) is 0.129. The van der Waals surface area contributed by atoms with Crippen LogP contribution in [0.4, 0.5) is 5.13 Å². The number of carbonyl (C=O) groups is 4. The molecule has 0 bridgehead atoms. The van der Waals surface area contributed by atoms with Crippen LogP contribution < -0.4 is 40.6 Å². The van der Waals surface area contributed by atoms with Gasteiger partial charge in [-0.25, -0.2) is 9.78 Å². The van der Waals surface area contributed by atoms with E-state index in [0.717, 1.165) is 28.0 Å². The number of nitrogen functional groups attached to an aromatic ring is 1. The fourth-order valence-corrected chi connectivity index (χ4v) is 6.14. The molecule has 0 radical (unpaired) electrons. The van der Waals surface area contributed by atoms with Crippen molar-refractivity contribution in [3.05, 3.63) is 46.5 Å². The van der Waals surface area contributed by atoms with E-state index < -0.39 is 29.2 Å². The van der Waals surface area contributed by atoms with Crippen LogP contribution in [0.3, 0.4) is 0 Å². The number of hydrogen-bond acceptors (Lipinski definition) is 12. The summed E-state index contributed by atoms with van der Waals surface area (Å²) in [5.74, 6) is -2.08. The Kier molecular flexibility index (Phi) is 10.6. The second kappa shape index (κ2) is 12.8. The van der Waals surface area contributed by atoms with E-state index in [1.54, 1.807) is 6.07 Å². The van der Waals surface area contributed by atoms with Crippen molar-refractivity contribution < 1.29 is 70.0 Å². The summed E-state index contributed by atoms with van der Waals surface area (Å²) in [6.07, 6.45) is 1.37. The molecule has 2 aromatic heterocycles. The fraction of sp³-hybridized carbons (Fsp3) is 0.263. The summed E-state index contributed by atoms with van der Waals surface area (Å²) in [6.45, 7) is 0. The van der Waals surface area contributed by atoms with Crippen LogP contribution in [-0.2, 0) is 19.2 Å². The summed E-state index contributed by atoms with van der Waals surface area (Å²) >= 11 is 3.29.